The maximum Gasteiger partial charge on any atom is 0.0779 e. The summed E-state index contributed by atoms with van der Waals surface area (Å²) in [4.78, 5) is 0. The molecule has 2 heteroatoms. The second-order valence-corrected chi connectivity index (χ2v) is 6.17. The fourth-order valence-corrected chi connectivity index (χ4v) is 3.43. The summed E-state index contributed by atoms with van der Waals surface area (Å²) in [5.74, 6) is 0.771. The zero-order chi connectivity index (χ0) is 12.6. The van der Waals surface area contributed by atoms with Crippen molar-refractivity contribution in [1.29, 1.82) is 0 Å². The quantitative estimate of drug-likeness (QED) is 0.552. The van der Waals surface area contributed by atoms with Crippen molar-refractivity contribution in [3.8, 4) is 0 Å². The number of ether oxygens (including phenoxy) is 1. The summed E-state index contributed by atoms with van der Waals surface area (Å²) in [5.41, 5.74) is 0.165. The normalized spacial score (nSPS) is 21.4. The molecule has 0 saturated heterocycles. The highest BCUT2D eigenvalue weighted by Gasteiger charge is 2.32. The third-order valence-electron chi connectivity index (χ3n) is 4.18. The van der Waals surface area contributed by atoms with Crippen molar-refractivity contribution < 1.29 is 4.74 Å². The molecule has 0 spiro atoms. The number of halogens is 1. The third-order valence-corrected chi connectivity index (χ3v) is 5.20. The predicted octanol–water partition coefficient (Wildman–Crippen LogP) is 5.32. The second kappa shape index (κ2) is 8.53. The van der Waals surface area contributed by atoms with Crippen LogP contribution in [0.25, 0.3) is 0 Å². The van der Waals surface area contributed by atoms with Gasteiger partial charge in [0.2, 0.25) is 0 Å². The van der Waals surface area contributed by atoms with Crippen molar-refractivity contribution in [3.63, 3.8) is 0 Å². The van der Waals surface area contributed by atoms with Crippen LogP contribution < -0.4 is 0 Å². The van der Waals surface area contributed by atoms with Gasteiger partial charge in [-0.3, -0.25) is 0 Å². The predicted molar refractivity (Wildman–Crippen MR) is 78.9 cm³/mol. The maximum absolute atomic E-state index is 6.32. The highest BCUT2D eigenvalue weighted by Crippen LogP contribution is 2.34. The van der Waals surface area contributed by atoms with E-state index >= 15 is 0 Å². The molecular weight excluding hydrogens is 276 g/mol. The Morgan fingerprint density at radius 2 is 1.88 bits per heavy atom. The van der Waals surface area contributed by atoms with Crippen LogP contribution in [0.2, 0.25) is 0 Å². The molecule has 1 saturated carbocycles. The van der Waals surface area contributed by atoms with Crippen LogP contribution in [0, 0.1) is 5.92 Å². The monoisotopic (exact) mass is 304 g/mol. The van der Waals surface area contributed by atoms with E-state index in [-0.39, 0.29) is 5.60 Å². The lowest BCUT2D eigenvalue weighted by molar-refractivity contribution is -0.0674. The van der Waals surface area contributed by atoms with Gasteiger partial charge in [0.15, 0.2) is 0 Å². The van der Waals surface area contributed by atoms with E-state index in [0.29, 0.717) is 0 Å². The molecule has 1 nitrogen and oxygen atoms in total. The molecule has 17 heavy (non-hydrogen) atoms. The maximum atomic E-state index is 6.32. The minimum absolute atomic E-state index is 0.165. The Morgan fingerprint density at radius 3 is 2.41 bits per heavy atom. The molecule has 0 aromatic rings. The van der Waals surface area contributed by atoms with E-state index in [1.165, 1.54) is 57.8 Å². The number of alkyl halides is 1. The van der Waals surface area contributed by atoms with Gasteiger partial charge in [-0.05, 0) is 25.2 Å². The number of hydrogen-bond donors (Lipinski definition) is 0. The van der Waals surface area contributed by atoms with Crippen molar-refractivity contribution in [2.45, 2.75) is 77.2 Å². The average molecular weight is 305 g/mol. The van der Waals surface area contributed by atoms with Crippen LogP contribution >= 0.6 is 15.9 Å². The standard InChI is InChI=1S/C15H29BrO/c1-3-5-9-14(4-2)12-17-15(13-16)10-7-6-8-11-15/h14H,3-13H2,1-2H3. The van der Waals surface area contributed by atoms with Crippen LogP contribution in [-0.4, -0.2) is 17.5 Å². The Labute approximate surface area is 116 Å². The first-order valence-corrected chi connectivity index (χ1v) is 8.58. The lowest BCUT2D eigenvalue weighted by Gasteiger charge is -2.37. The molecule has 1 atom stereocenters. The van der Waals surface area contributed by atoms with Crippen molar-refractivity contribution in [2.24, 2.45) is 5.92 Å². The summed E-state index contributed by atoms with van der Waals surface area (Å²) in [6.45, 7) is 5.54. The summed E-state index contributed by atoms with van der Waals surface area (Å²) < 4.78 is 6.32. The first-order valence-electron chi connectivity index (χ1n) is 7.46. The van der Waals surface area contributed by atoms with Crippen LogP contribution in [0.3, 0.4) is 0 Å². The molecule has 1 unspecified atom stereocenters. The summed E-state index contributed by atoms with van der Waals surface area (Å²) in [6, 6.07) is 0. The van der Waals surface area contributed by atoms with E-state index in [0.717, 1.165) is 17.9 Å². The molecule has 1 fully saturated rings. The lowest BCUT2D eigenvalue weighted by atomic mass is 9.86. The fourth-order valence-electron chi connectivity index (χ4n) is 2.71. The molecular formula is C15H29BrO. The van der Waals surface area contributed by atoms with E-state index in [4.69, 9.17) is 4.74 Å². The minimum atomic E-state index is 0.165. The molecule has 0 aromatic carbocycles. The van der Waals surface area contributed by atoms with Crippen LogP contribution in [-0.2, 0) is 4.74 Å². The molecule has 1 aliphatic rings. The zero-order valence-corrected chi connectivity index (χ0v) is 13.2. The Kier molecular flexibility index (Phi) is 7.77. The van der Waals surface area contributed by atoms with Crippen molar-refractivity contribution in [3.05, 3.63) is 0 Å². The Balaban J connectivity index is 2.34. The van der Waals surface area contributed by atoms with E-state index in [9.17, 15) is 0 Å². The van der Waals surface area contributed by atoms with Gasteiger partial charge in [0, 0.05) is 5.33 Å². The van der Waals surface area contributed by atoms with Crippen molar-refractivity contribution in [2.75, 3.05) is 11.9 Å². The Bertz CT molecular complexity index is 187. The zero-order valence-electron chi connectivity index (χ0n) is 11.6. The van der Waals surface area contributed by atoms with Gasteiger partial charge >= 0.3 is 0 Å². The van der Waals surface area contributed by atoms with E-state index in [1.54, 1.807) is 0 Å². The second-order valence-electron chi connectivity index (χ2n) is 5.60. The first kappa shape index (κ1) is 15.5. The SMILES string of the molecule is CCCCC(CC)COC1(CBr)CCCCC1. The summed E-state index contributed by atoms with van der Waals surface area (Å²) in [5, 5.41) is 1.02. The molecule has 0 aromatic heterocycles. The number of rotatable bonds is 8. The van der Waals surface area contributed by atoms with E-state index < -0.39 is 0 Å². The van der Waals surface area contributed by atoms with Gasteiger partial charge in [-0.1, -0.05) is 68.3 Å². The number of unbranched alkanes of at least 4 members (excludes halogenated alkanes) is 1. The van der Waals surface area contributed by atoms with Gasteiger partial charge in [-0.25, -0.2) is 0 Å². The van der Waals surface area contributed by atoms with Gasteiger partial charge < -0.3 is 4.74 Å². The molecule has 1 rings (SSSR count). The first-order chi connectivity index (χ1) is 8.26. The van der Waals surface area contributed by atoms with Crippen molar-refractivity contribution >= 4 is 15.9 Å². The average Bonchev–Trinajstić information content (AvgIpc) is 2.40. The molecule has 1 aliphatic carbocycles. The summed E-state index contributed by atoms with van der Waals surface area (Å²) in [7, 11) is 0. The third kappa shape index (κ3) is 5.30. The van der Waals surface area contributed by atoms with Gasteiger partial charge in [0.05, 0.1) is 12.2 Å². The van der Waals surface area contributed by atoms with Crippen LogP contribution in [0.15, 0.2) is 0 Å². The molecule has 0 bridgehead atoms. The fraction of sp³-hybridized carbons (Fsp3) is 1.00. The van der Waals surface area contributed by atoms with E-state index in [2.05, 4.69) is 29.8 Å². The highest BCUT2D eigenvalue weighted by molar-refractivity contribution is 9.09. The molecule has 0 aliphatic heterocycles. The summed E-state index contributed by atoms with van der Waals surface area (Å²) in [6.07, 6.45) is 11.8. The minimum Gasteiger partial charge on any atom is -0.374 e. The molecule has 102 valence electrons. The highest BCUT2D eigenvalue weighted by atomic mass is 79.9. The Morgan fingerprint density at radius 1 is 1.18 bits per heavy atom. The largest absolute Gasteiger partial charge is 0.374 e. The molecule has 0 amide bonds. The summed E-state index contributed by atoms with van der Waals surface area (Å²) >= 11 is 3.67. The van der Waals surface area contributed by atoms with Gasteiger partial charge in [-0.15, -0.1) is 0 Å². The van der Waals surface area contributed by atoms with Crippen molar-refractivity contribution in [1.82, 2.24) is 0 Å². The Hall–Kier alpha value is 0.440. The topological polar surface area (TPSA) is 9.23 Å². The van der Waals surface area contributed by atoms with Gasteiger partial charge in [-0.2, -0.15) is 0 Å². The van der Waals surface area contributed by atoms with Gasteiger partial charge in [0.25, 0.3) is 0 Å². The lowest BCUT2D eigenvalue weighted by Crippen LogP contribution is -2.38. The molecule has 0 heterocycles. The van der Waals surface area contributed by atoms with Gasteiger partial charge in [0.1, 0.15) is 0 Å². The van der Waals surface area contributed by atoms with Crippen LogP contribution in [0.1, 0.15) is 71.6 Å². The van der Waals surface area contributed by atoms with Crippen LogP contribution in [0.5, 0.6) is 0 Å². The molecule has 0 radical (unpaired) electrons. The number of hydrogen-bond acceptors (Lipinski definition) is 1. The molecule has 0 N–H and O–H groups in total. The van der Waals surface area contributed by atoms with Crippen LogP contribution in [0.4, 0.5) is 0 Å². The van der Waals surface area contributed by atoms with E-state index in [1.807, 2.05) is 0 Å². The smallest absolute Gasteiger partial charge is 0.0779 e.